The number of hydrogen-bond acceptors (Lipinski definition) is 2. The normalized spacial score (nSPS) is 12.4. The van der Waals surface area contributed by atoms with Crippen molar-refractivity contribution in [3.05, 3.63) is 35.4 Å². The van der Waals surface area contributed by atoms with Gasteiger partial charge in [0.2, 0.25) is 0 Å². The van der Waals surface area contributed by atoms with Crippen LogP contribution in [0.5, 0.6) is 0 Å². The van der Waals surface area contributed by atoms with Crippen LogP contribution >= 0.6 is 0 Å². The molecule has 0 aliphatic rings. The molecular formula is C11H13FO3. The first-order valence-electron chi connectivity index (χ1n) is 4.70. The van der Waals surface area contributed by atoms with Crippen molar-refractivity contribution in [2.45, 2.75) is 18.9 Å². The number of carboxylic acids is 1. The second kappa shape index (κ2) is 5.46. The van der Waals surface area contributed by atoms with E-state index in [1.807, 2.05) is 0 Å². The molecule has 1 rings (SSSR count). The number of halogens is 1. The van der Waals surface area contributed by atoms with E-state index in [-0.39, 0.29) is 18.4 Å². The van der Waals surface area contributed by atoms with Crippen LogP contribution in [0.25, 0.3) is 0 Å². The summed E-state index contributed by atoms with van der Waals surface area (Å²) in [6.07, 6.45) is -0.615. The Bertz CT molecular complexity index is 338. The molecular weight excluding hydrogens is 199 g/mol. The number of aromatic carboxylic acids is 1. The number of benzene rings is 1. The summed E-state index contributed by atoms with van der Waals surface area (Å²) >= 11 is 0. The summed E-state index contributed by atoms with van der Waals surface area (Å²) in [5.74, 6) is -1.03. The fraction of sp³-hybridized carbons (Fsp3) is 0.364. The van der Waals surface area contributed by atoms with E-state index in [1.54, 1.807) is 18.2 Å². The minimum atomic E-state index is -1.03. The van der Waals surface area contributed by atoms with Crippen LogP contribution in [0.15, 0.2) is 24.3 Å². The number of hydrogen-bond donors (Lipinski definition) is 2. The van der Waals surface area contributed by atoms with Crippen LogP contribution in [0.3, 0.4) is 0 Å². The SMILES string of the molecule is O=C(O)c1ccccc1CC(O)CCF. The maximum Gasteiger partial charge on any atom is 0.335 e. The smallest absolute Gasteiger partial charge is 0.335 e. The average molecular weight is 212 g/mol. The van der Waals surface area contributed by atoms with Gasteiger partial charge in [-0.3, -0.25) is 4.39 Å². The van der Waals surface area contributed by atoms with Crippen molar-refractivity contribution in [2.75, 3.05) is 6.67 Å². The third-order valence-electron chi connectivity index (χ3n) is 2.15. The number of carbonyl (C=O) groups is 1. The third kappa shape index (κ3) is 3.32. The number of aliphatic hydroxyl groups excluding tert-OH is 1. The van der Waals surface area contributed by atoms with Gasteiger partial charge in [-0.05, 0) is 18.1 Å². The van der Waals surface area contributed by atoms with Gasteiger partial charge in [-0.1, -0.05) is 18.2 Å². The maximum absolute atomic E-state index is 11.9. The van der Waals surface area contributed by atoms with Gasteiger partial charge in [-0.2, -0.15) is 0 Å². The van der Waals surface area contributed by atoms with Gasteiger partial charge in [0.1, 0.15) is 0 Å². The van der Waals surface area contributed by atoms with Gasteiger partial charge >= 0.3 is 5.97 Å². The number of aliphatic hydroxyl groups is 1. The van der Waals surface area contributed by atoms with Crippen molar-refractivity contribution in [3.8, 4) is 0 Å². The molecule has 1 unspecified atom stereocenters. The zero-order valence-electron chi connectivity index (χ0n) is 8.19. The van der Waals surface area contributed by atoms with Crippen molar-refractivity contribution in [1.29, 1.82) is 0 Å². The molecule has 82 valence electrons. The topological polar surface area (TPSA) is 57.5 Å². The van der Waals surface area contributed by atoms with Crippen LogP contribution in [0, 0.1) is 0 Å². The average Bonchev–Trinajstić information content (AvgIpc) is 2.18. The number of rotatable bonds is 5. The van der Waals surface area contributed by atoms with Gasteiger partial charge in [0, 0.05) is 6.42 Å². The zero-order valence-corrected chi connectivity index (χ0v) is 8.19. The Kier molecular flexibility index (Phi) is 4.24. The Balaban J connectivity index is 2.79. The molecule has 0 aliphatic carbocycles. The highest BCUT2D eigenvalue weighted by molar-refractivity contribution is 5.89. The van der Waals surface area contributed by atoms with Crippen LogP contribution in [-0.2, 0) is 6.42 Å². The summed E-state index contributed by atoms with van der Waals surface area (Å²) in [4.78, 5) is 10.8. The summed E-state index contributed by atoms with van der Waals surface area (Å²) in [7, 11) is 0. The largest absolute Gasteiger partial charge is 0.478 e. The Labute approximate surface area is 87.2 Å². The van der Waals surface area contributed by atoms with Crippen molar-refractivity contribution >= 4 is 5.97 Å². The van der Waals surface area contributed by atoms with Crippen molar-refractivity contribution in [1.82, 2.24) is 0 Å². The fourth-order valence-corrected chi connectivity index (χ4v) is 1.39. The highest BCUT2D eigenvalue weighted by Gasteiger charge is 2.12. The molecule has 1 atom stereocenters. The van der Waals surface area contributed by atoms with E-state index in [0.717, 1.165) is 0 Å². The lowest BCUT2D eigenvalue weighted by atomic mass is 10.0. The highest BCUT2D eigenvalue weighted by atomic mass is 19.1. The Morgan fingerprint density at radius 3 is 2.67 bits per heavy atom. The molecule has 0 saturated heterocycles. The van der Waals surface area contributed by atoms with E-state index < -0.39 is 18.7 Å². The lowest BCUT2D eigenvalue weighted by Crippen LogP contribution is -2.14. The van der Waals surface area contributed by atoms with Gasteiger partial charge < -0.3 is 10.2 Å². The first-order chi connectivity index (χ1) is 7.15. The number of alkyl halides is 1. The van der Waals surface area contributed by atoms with Gasteiger partial charge in [0.05, 0.1) is 18.3 Å². The molecule has 0 saturated carbocycles. The van der Waals surface area contributed by atoms with Crippen LogP contribution in [-0.4, -0.2) is 29.0 Å². The summed E-state index contributed by atoms with van der Waals surface area (Å²) in [5, 5.41) is 18.2. The standard InChI is InChI=1S/C11H13FO3/c12-6-5-9(13)7-8-3-1-2-4-10(8)11(14)15/h1-4,9,13H,5-7H2,(H,14,15). The van der Waals surface area contributed by atoms with Crippen molar-refractivity contribution in [3.63, 3.8) is 0 Å². The van der Waals surface area contributed by atoms with Gasteiger partial charge in [0.15, 0.2) is 0 Å². The second-order valence-corrected chi connectivity index (χ2v) is 3.30. The minimum absolute atomic E-state index is 0.0357. The van der Waals surface area contributed by atoms with E-state index in [4.69, 9.17) is 5.11 Å². The molecule has 15 heavy (non-hydrogen) atoms. The Hall–Kier alpha value is -1.42. The first kappa shape index (κ1) is 11.7. The lowest BCUT2D eigenvalue weighted by Gasteiger charge is -2.10. The van der Waals surface area contributed by atoms with Gasteiger partial charge in [0.25, 0.3) is 0 Å². The number of carboxylic acid groups (broad SMARTS) is 1. The summed E-state index contributed by atoms with van der Waals surface area (Å²) in [6.45, 7) is -0.601. The lowest BCUT2D eigenvalue weighted by molar-refractivity contribution is 0.0694. The molecule has 3 nitrogen and oxygen atoms in total. The molecule has 0 heterocycles. The minimum Gasteiger partial charge on any atom is -0.478 e. The predicted molar refractivity (Wildman–Crippen MR) is 53.7 cm³/mol. The van der Waals surface area contributed by atoms with Crippen LogP contribution in [0.2, 0.25) is 0 Å². The molecule has 1 aromatic carbocycles. The quantitative estimate of drug-likeness (QED) is 0.780. The molecule has 0 fully saturated rings. The van der Waals surface area contributed by atoms with Crippen molar-refractivity contribution in [2.24, 2.45) is 0 Å². The first-order valence-corrected chi connectivity index (χ1v) is 4.70. The molecule has 0 radical (unpaired) electrons. The Morgan fingerprint density at radius 2 is 2.07 bits per heavy atom. The van der Waals surface area contributed by atoms with Gasteiger partial charge in [-0.15, -0.1) is 0 Å². The van der Waals surface area contributed by atoms with E-state index in [0.29, 0.717) is 5.56 Å². The molecule has 0 bridgehead atoms. The monoisotopic (exact) mass is 212 g/mol. The molecule has 1 aromatic rings. The van der Waals surface area contributed by atoms with Crippen molar-refractivity contribution < 1.29 is 19.4 Å². The molecule has 0 spiro atoms. The van der Waals surface area contributed by atoms with Crippen LogP contribution in [0.1, 0.15) is 22.3 Å². The summed E-state index contributed by atoms with van der Waals surface area (Å²) in [5.41, 5.74) is 0.696. The second-order valence-electron chi connectivity index (χ2n) is 3.30. The fourth-order valence-electron chi connectivity index (χ4n) is 1.39. The van der Waals surface area contributed by atoms with E-state index >= 15 is 0 Å². The molecule has 2 N–H and O–H groups in total. The van der Waals surface area contributed by atoms with Crippen LogP contribution in [0.4, 0.5) is 4.39 Å². The van der Waals surface area contributed by atoms with E-state index in [1.165, 1.54) is 6.07 Å². The third-order valence-corrected chi connectivity index (χ3v) is 2.15. The van der Waals surface area contributed by atoms with Crippen LogP contribution < -0.4 is 0 Å². The zero-order chi connectivity index (χ0) is 11.3. The summed E-state index contributed by atoms with van der Waals surface area (Å²) in [6, 6.07) is 6.42. The van der Waals surface area contributed by atoms with E-state index in [9.17, 15) is 14.3 Å². The molecule has 4 heteroatoms. The molecule has 0 amide bonds. The predicted octanol–water partition coefficient (Wildman–Crippen LogP) is 1.65. The molecule has 0 aliphatic heterocycles. The summed E-state index contributed by atoms with van der Waals surface area (Å²) < 4.78 is 11.9. The highest BCUT2D eigenvalue weighted by Crippen LogP contribution is 2.12. The Morgan fingerprint density at radius 1 is 1.40 bits per heavy atom. The van der Waals surface area contributed by atoms with E-state index in [2.05, 4.69) is 0 Å². The van der Waals surface area contributed by atoms with Gasteiger partial charge in [-0.25, -0.2) is 4.79 Å². The maximum atomic E-state index is 11.9. The molecule has 0 aromatic heterocycles.